The molecule has 0 bridgehead atoms. The van der Waals surface area contributed by atoms with Crippen molar-refractivity contribution in [1.29, 1.82) is 0 Å². The van der Waals surface area contributed by atoms with Crippen molar-refractivity contribution in [3.63, 3.8) is 0 Å². The summed E-state index contributed by atoms with van der Waals surface area (Å²) in [4.78, 5) is 6.94. The third kappa shape index (κ3) is 4.36. The van der Waals surface area contributed by atoms with Crippen LogP contribution in [0, 0.1) is 5.92 Å². The fourth-order valence-corrected chi connectivity index (χ4v) is 2.99. The smallest absolute Gasteiger partial charge is 0.126 e. The number of anilines is 1. The number of nitrogens with zero attached hydrogens (tertiary/aromatic N) is 2. The fourth-order valence-electron chi connectivity index (χ4n) is 2.83. The van der Waals surface area contributed by atoms with E-state index in [1.807, 2.05) is 12.1 Å². The molecule has 1 aliphatic carbocycles. The molecule has 0 spiro atoms. The summed E-state index contributed by atoms with van der Waals surface area (Å²) in [5, 5.41) is 4.00. The van der Waals surface area contributed by atoms with Crippen LogP contribution < -0.4 is 5.32 Å². The number of halogens is 1. The van der Waals surface area contributed by atoms with Crippen LogP contribution >= 0.6 is 11.6 Å². The van der Waals surface area contributed by atoms with Crippen molar-refractivity contribution in [3.8, 4) is 0 Å². The zero-order valence-corrected chi connectivity index (χ0v) is 12.7. The molecule has 1 aliphatic rings. The van der Waals surface area contributed by atoms with Gasteiger partial charge in [0, 0.05) is 19.6 Å². The maximum Gasteiger partial charge on any atom is 0.126 e. The van der Waals surface area contributed by atoms with Crippen molar-refractivity contribution >= 4 is 17.4 Å². The van der Waals surface area contributed by atoms with Gasteiger partial charge in [0.15, 0.2) is 0 Å². The highest BCUT2D eigenvalue weighted by atomic mass is 35.5. The number of hydrogen-bond donors (Lipinski definition) is 1. The van der Waals surface area contributed by atoms with E-state index in [-0.39, 0.29) is 0 Å². The van der Waals surface area contributed by atoms with E-state index in [9.17, 15) is 0 Å². The van der Waals surface area contributed by atoms with Crippen LogP contribution in [-0.2, 0) is 6.54 Å². The van der Waals surface area contributed by atoms with E-state index in [0.717, 1.165) is 42.1 Å². The SMILES string of the molecule is CCNc1ccc(Cl)c(CN(C)CC2CCCC2)n1. The van der Waals surface area contributed by atoms with Crippen LogP contribution in [-0.4, -0.2) is 30.0 Å². The van der Waals surface area contributed by atoms with E-state index in [1.54, 1.807) is 0 Å². The van der Waals surface area contributed by atoms with Gasteiger partial charge in [-0.15, -0.1) is 0 Å². The minimum absolute atomic E-state index is 0.764. The molecule has 0 saturated heterocycles. The van der Waals surface area contributed by atoms with Crippen LogP contribution in [0.3, 0.4) is 0 Å². The topological polar surface area (TPSA) is 28.2 Å². The first-order valence-corrected chi connectivity index (χ1v) is 7.64. The number of rotatable bonds is 6. The van der Waals surface area contributed by atoms with Gasteiger partial charge in [0.2, 0.25) is 0 Å². The Morgan fingerprint density at radius 3 is 2.79 bits per heavy atom. The van der Waals surface area contributed by atoms with Gasteiger partial charge in [-0.05, 0) is 44.9 Å². The van der Waals surface area contributed by atoms with Crippen LogP contribution in [0.2, 0.25) is 5.02 Å². The Labute approximate surface area is 121 Å². The van der Waals surface area contributed by atoms with Gasteiger partial charge in [0.25, 0.3) is 0 Å². The summed E-state index contributed by atoms with van der Waals surface area (Å²) in [6.07, 6.45) is 5.55. The predicted molar refractivity (Wildman–Crippen MR) is 81.7 cm³/mol. The Morgan fingerprint density at radius 2 is 2.11 bits per heavy atom. The van der Waals surface area contributed by atoms with E-state index in [1.165, 1.54) is 25.7 Å². The zero-order chi connectivity index (χ0) is 13.7. The Balaban J connectivity index is 1.94. The van der Waals surface area contributed by atoms with Crippen molar-refractivity contribution in [2.75, 3.05) is 25.5 Å². The maximum absolute atomic E-state index is 6.24. The summed E-state index contributed by atoms with van der Waals surface area (Å²) in [6, 6.07) is 3.87. The monoisotopic (exact) mass is 281 g/mol. The lowest BCUT2D eigenvalue weighted by atomic mass is 10.1. The molecule has 3 nitrogen and oxygen atoms in total. The van der Waals surface area contributed by atoms with E-state index in [0.29, 0.717) is 0 Å². The largest absolute Gasteiger partial charge is 0.370 e. The molecule has 0 unspecified atom stereocenters. The van der Waals surface area contributed by atoms with Crippen LogP contribution in [0.15, 0.2) is 12.1 Å². The summed E-state index contributed by atoms with van der Waals surface area (Å²) in [7, 11) is 2.16. The van der Waals surface area contributed by atoms with Crippen molar-refractivity contribution in [3.05, 3.63) is 22.8 Å². The van der Waals surface area contributed by atoms with Crippen LogP contribution in [0.1, 0.15) is 38.3 Å². The second-order valence-electron chi connectivity index (χ2n) is 5.50. The highest BCUT2D eigenvalue weighted by Gasteiger charge is 2.17. The van der Waals surface area contributed by atoms with Crippen molar-refractivity contribution in [2.24, 2.45) is 5.92 Å². The Kier molecular flexibility index (Phi) is 5.46. The Morgan fingerprint density at radius 1 is 1.37 bits per heavy atom. The molecule has 1 N–H and O–H groups in total. The minimum atomic E-state index is 0.764. The van der Waals surface area contributed by atoms with Gasteiger partial charge in [-0.2, -0.15) is 0 Å². The molecule has 1 aromatic rings. The molecule has 1 fully saturated rings. The quantitative estimate of drug-likeness (QED) is 0.860. The van der Waals surface area contributed by atoms with Gasteiger partial charge < -0.3 is 10.2 Å². The minimum Gasteiger partial charge on any atom is -0.370 e. The molecule has 0 radical (unpaired) electrons. The molecule has 1 heterocycles. The van der Waals surface area contributed by atoms with Gasteiger partial charge in [-0.1, -0.05) is 24.4 Å². The summed E-state index contributed by atoms with van der Waals surface area (Å²) in [5.74, 6) is 1.77. The molecular formula is C15H24ClN3. The van der Waals surface area contributed by atoms with Gasteiger partial charge in [-0.25, -0.2) is 4.98 Å². The predicted octanol–water partition coefficient (Wildman–Crippen LogP) is 3.79. The first-order valence-electron chi connectivity index (χ1n) is 7.27. The fraction of sp³-hybridized carbons (Fsp3) is 0.667. The first kappa shape index (κ1) is 14.6. The molecule has 1 saturated carbocycles. The molecule has 0 aromatic carbocycles. The lowest BCUT2D eigenvalue weighted by molar-refractivity contribution is 0.268. The number of aromatic nitrogens is 1. The van der Waals surface area contributed by atoms with Crippen molar-refractivity contribution < 1.29 is 0 Å². The molecule has 0 atom stereocenters. The summed E-state index contributed by atoms with van der Waals surface area (Å²) in [5.41, 5.74) is 0.973. The number of hydrogen-bond acceptors (Lipinski definition) is 3. The number of pyridine rings is 1. The molecule has 2 rings (SSSR count). The standard InChI is InChI=1S/C15H24ClN3/c1-3-17-15-9-8-13(16)14(18-15)11-19(2)10-12-6-4-5-7-12/h8-9,12H,3-7,10-11H2,1-2H3,(H,17,18). The highest BCUT2D eigenvalue weighted by Crippen LogP contribution is 2.26. The second kappa shape index (κ2) is 7.11. The lowest BCUT2D eigenvalue weighted by Gasteiger charge is -2.21. The van der Waals surface area contributed by atoms with E-state index in [4.69, 9.17) is 11.6 Å². The molecule has 0 aliphatic heterocycles. The van der Waals surface area contributed by atoms with Crippen molar-refractivity contribution in [2.45, 2.75) is 39.2 Å². The summed E-state index contributed by atoms with van der Waals surface area (Å²) < 4.78 is 0. The van der Waals surface area contributed by atoms with Gasteiger partial charge in [0.1, 0.15) is 5.82 Å². The van der Waals surface area contributed by atoms with Crippen LogP contribution in [0.25, 0.3) is 0 Å². The Hall–Kier alpha value is -0.800. The van der Waals surface area contributed by atoms with E-state index >= 15 is 0 Å². The molecule has 19 heavy (non-hydrogen) atoms. The highest BCUT2D eigenvalue weighted by molar-refractivity contribution is 6.31. The number of nitrogens with one attached hydrogen (secondary N) is 1. The molecular weight excluding hydrogens is 258 g/mol. The molecule has 106 valence electrons. The molecule has 1 aromatic heterocycles. The third-order valence-electron chi connectivity index (χ3n) is 3.74. The van der Waals surface area contributed by atoms with E-state index in [2.05, 4.69) is 29.2 Å². The maximum atomic E-state index is 6.24. The third-order valence-corrected chi connectivity index (χ3v) is 4.08. The average Bonchev–Trinajstić information content (AvgIpc) is 2.86. The summed E-state index contributed by atoms with van der Waals surface area (Å²) >= 11 is 6.24. The second-order valence-corrected chi connectivity index (χ2v) is 5.91. The van der Waals surface area contributed by atoms with E-state index < -0.39 is 0 Å². The van der Waals surface area contributed by atoms with Gasteiger partial charge in [-0.3, -0.25) is 0 Å². The van der Waals surface area contributed by atoms with Crippen LogP contribution in [0.4, 0.5) is 5.82 Å². The first-order chi connectivity index (χ1) is 9.19. The van der Waals surface area contributed by atoms with Gasteiger partial charge >= 0.3 is 0 Å². The van der Waals surface area contributed by atoms with Crippen molar-refractivity contribution in [1.82, 2.24) is 9.88 Å². The Bertz CT molecular complexity index is 402. The average molecular weight is 282 g/mol. The summed E-state index contributed by atoms with van der Waals surface area (Å²) in [6.45, 7) is 4.94. The lowest BCUT2D eigenvalue weighted by Crippen LogP contribution is -2.24. The normalized spacial score (nSPS) is 16.2. The zero-order valence-electron chi connectivity index (χ0n) is 12.0. The molecule has 4 heteroatoms. The van der Waals surface area contributed by atoms with Gasteiger partial charge in [0.05, 0.1) is 10.7 Å². The molecule has 0 amide bonds. The van der Waals surface area contributed by atoms with Crippen LogP contribution in [0.5, 0.6) is 0 Å².